The highest BCUT2D eigenvalue weighted by Crippen LogP contribution is 2.17. The molecule has 1 saturated heterocycles. The number of aryl methyl sites for hydroxylation is 2. The van der Waals surface area contributed by atoms with Crippen LogP contribution in [-0.2, 0) is 4.79 Å². The van der Waals surface area contributed by atoms with Crippen molar-refractivity contribution in [3.63, 3.8) is 0 Å². The zero-order valence-corrected chi connectivity index (χ0v) is 15.1. The van der Waals surface area contributed by atoms with E-state index in [-0.39, 0.29) is 11.8 Å². The van der Waals surface area contributed by atoms with E-state index in [1.54, 1.807) is 0 Å². The summed E-state index contributed by atoms with van der Waals surface area (Å²) in [4.78, 5) is 37.5. The predicted molar refractivity (Wildman–Crippen MR) is 96.4 cm³/mol. The number of nitrogens with zero attached hydrogens (tertiary/aromatic N) is 4. The van der Waals surface area contributed by atoms with E-state index < -0.39 is 0 Å². The second kappa shape index (κ2) is 7.17. The average Bonchev–Trinajstić information content (AvgIpc) is 2.87. The lowest BCUT2D eigenvalue weighted by molar-refractivity contribution is -0.130. The Morgan fingerprint density at radius 3 is 2.32 bits per heavy atom. The van der Waals surface area contributed by atoms with Gasteiger partial charge in [-0.05, 0) is 38.5 Å². The number of carbonyl (C=O) groups excluding carboxylic acids is 2. The minimum Gasteiger partial charge on any atom is -0.341 e. The average molecular weight is 340 g/mol. The lowest BCUT2D eigenvalue weighted by Crippen LogP contribution is -2.37. The summed E-state index contributed by atoms with van der Waals surface area (Å²) in [5, 5.41) is 0. The van der Waals surface area contributed by atoms with Gasteiger partial charge in [0.15, 0.2) is 0 Å². The van der Waals surface area contributed by atoms with Gasteiger partial charge in [-0.25, -0.2) is 9.97 Å². The van der Waals surface area contributed by atoms with Crippen LogP contribution >= 0.6 is 0 Å². The molecule has 1 aliphatic heterocycles. The third-order valence-electron chi connectivity index (χ3n) is 4.76. The van der Waals surface area contributed by atoms with E-state index in [0.29, 0.717) is 31.6 Å². The second-order valence-corrected chi connectivity index (χ2v) is 6.48. The van der Waals surface area contributed by atoms with Crippen LogP contribution in [0.1, 0.15) is 41.5 Å². The quantitative estimate of drug-likeness (QED) is 0.841. The maximum atomic E-state index is 12.9. The Kier molecular flexibility index (Phi) is 4.97. The molecule has 1 aromatic carbocycles. The first kappa shape index (κ1) is 17.3. The summed E-state index contributed by atoms with van der Waals surface area (Å²) in [6.45, 7) is 8.29. The van der Waals surface area contributed by atoms with Crippen molar-refractivity contribution < 1.29 is 9.59 Å². The Labute approximate surface area is 147 Å². The van der Waals surface area contributed by atoms with E-state index in [0.717, 1.165) is 35.4 Å². The molecule has 1 fully saturated rings. The molecule has 0 atom stereocenters. The maximum absolute atomic E-state index is 12.9. The molecule has 1 aromatic heterocycles. The Hall–Kier alpha value is -2.50. The van der Waals surface area contributed by atoms with Crippen molar-refractivity contribution in [3.05, 3.63) is 35.2 Å². The van der Waals surface area contributed by atoms with E-state index in [1.165, 1.54) is 0 Å². The molecule has 0 spiro atoms. The van der Waals surface area contributed by atoms with Crippen LogP contribution in [0.3, 0.4) is 0 Å². The lowest BCUT2D eigenvalue weighted by atomic mass is 10.1. The normalized spacial score (nSPS) is 15.3. The molecule has 0 bridgehead atoms. The number of aromatic nitrogens is 2. The molecule has 3 rings (SSSR count). The molecule has 2 aromatic rings. The van der Waals surface area contributed by atoms with Gasteiger partial charge < -0.3 is 9.80 Å². The summed E-state index contributed by atoms with van der Waals surface area (Å²) in [7, 11) is 0. The summed E-state index contributed by atoms with van der Waals surface area (Å²) in [5.74, 6) is 0.147. The fourth-order valence-corrected chi connectivity index (χ4v) is 3.14. The zero-order valence-electron chi connectivity index (χ0n) is 15.1. The Morgan fingerprint density at radius 1 is 0.960 bits per heavy atom. The highest BCUT2D eigenvalue weighted by Gasteiger charge is 2.22. The van der Waals surface area contributed by atoms with Crippen molar-refractivity contribution >= 4 is 22.8 Å². The Balaban J connectivity index is 1.79. The van der Waals surface area contributed by atoms with Crippen molar-refractivity contribution in [2.45, 2.75) is 33.6 Å². The van der Waals surface area contributed by atoms with Gasteiger partial charge in [0.2, 0.25) is 5.91 Å². The highest BCUT2D eigenvalue weighted by molar-refractivity contribution is 5.97. The molecule has 0 saturated carbocycles. The first-order chi connectivity index (χ1) is 12.0. The molecule has 0 N–H and O–H groups in total. The van der Waals surface area contributed by atoms with Crippen molar-refractivity contribution in [1.82, 2.24) is 19.8 Å². The number of benzene rings is 1. The summed E-state index contributed by atoms with van der Waals surface area (Å²) >= 11 is 0. The van der Waals surface area contributed by atoms with Crippen molar-refractivity contribution in [2.24, 2.45) is 0 Å². The van der Waals surface area contributed by atoms with Crippen LogP contribution in [0.4, 0.5) is 0 Å². The van der Waals surface area contributed by atoms with Gasteiger partial charge in [0, 0.05) is 38.2 Å². The van der Waals surface area contributed by atoms with Crippen LogP contribution < -0.4 is 0 Å². The molecule has 25 heavy (non-hydrogen) atoms. The molecule has 1 aliphatic rings. The van der Waals surface area contributed by atoms with Gasteiger partial charge in [-0.3, -0.25) is 9.59 Å². The third-order valence-corrected chi connectivity index (χ3v) is 4.76. The van der Waals surface area contributed by atoms with Crippen LogP contribution in [0.25, 0.3) is 11.0 Å². The first-order valence-electron chi connectivity index (χ1n) is 8.81. The van der Waals surface area contributed by atoms with E-state index in [1.807, 2.05) is 48.8 Å². The monoisotopic (exact) mass is 340 g/mol. The number of hydrogen-bond donors (Lipinski definition) is 0. The fraction of sp³-hybridized carbons (Fsp3) is 0.474. The zero-order chi connectivity index (χ0) is 18.0. The van der Waals surface area contributed by atoms with E-state index in [2.05, 4.69) is 9.97 Å². The van der Waals surface area contributed by atoms with E-state index in [9.17, 15) is 9.59 Å². The summed E-state index contributed by atoms with van der Waals surface area (Å²) < 4.78 is 0. The van der Waals surface area contributed by atoms with Crippen molar-refractivity contribution in [1.29, 1.82) is 0 Å². The lowest BCUT2D eigenvalue weighted by Gasteiger charge is -2.22. The third kappa shape index (κ3) is 3.62. The molecule has 0 aliphatic carbocycles. The van der Waals surface area contributed by atoms with Crippen LogP contribution in [0.2, 0.25) is 0 Å². The number of amides is 2. The molecule has 2 heterocycles. The Morgan fingerprint density at radius 2 is 1.60 bits per heavy atom. The van der Waals surface area contributed by atoms with Gasteiger partial charge in [0.05, 0.1) is 22.4 Å². The second-order valence-electron chi connectivity index (χ2n) is 6.48. The molecule has 132 valence electrons. The molecular weight excluding hydrogens is 316 g/mol. The molecule has 0 unspecified atom stereocenters. The number of rotatable bonds is 2. The van der Waals surface area contributed by atoms with Gasteiger partial charge >= 0.3 is 0 Å². The van der Waals surface area contributed by atoms with E-state index in [4.69, 9.17) is 0 Å². The van der Waals surface area contributed by atoms with Crippen LogP contribution in [0.5, 0.6) is 0 Å². The smallest absolute Gasteiger partial charge is 0.253 e. The van der Waals surface area contributed by atoms with Gasteiger partial charge in [-0.15, -0.1) is 0 Å². The molecular formula is C19H24N4O2. The largest absolute Gasteiger partial charge is 0.341 e. The molecule has 0 radical (unpaired) electrons. The van der Waals surface area contributed by atoms with Crippen LogP contribution in [0.15, 0.2) is 18.2 Å². The highest BCUT2D eigenvalue weighted by atomic mass is 16.2. The topological polar surface area (TPSA) is 66.4 Å². The Bertz CT molecular complexity index is 818. The standard InChI is InChI=1S/C19H24N4O2/c1-4-18(24)22-8-5-9-23(11-10-22)19(25)15-6-7-16-17(12-15)21-14(3)13(2)20-16/h6-7,12H,4-5,8-11H2,1-3H3. The van der Waals surface area contributed by atoms with Gasteiger partial charge in [0.25, 0.3) is 5.91 Å². The van der Waals surface area contributed by atoms with Gasteiger partial charge in [0.1, 0.15) is 0 Å². The van der Waals surface area contributed by atoms with Crippen molar-refractivity contribution in [3.8, 4) is 0 Å². The molecule has 2 amide bonds. The number of carbonyl (C=O) groups is 2. The fourth-order valence-electron chi connectivity index (χ4n) is 3.14. The minimum atomic E-state index is -0.00674. The molecule has 6 nitrogen and oxygen atoms in total. The maximum Gasteiger partial charge on any atom is 0.253 e. The van der Waals surface area contributed by atoms with Gasteiger partial charge in [-0.1, -0.05) is 6.92 Å². The SMILES string of the molecule is CCC(=O)N1CCCN(C(=O)c2ccc3nc(C)c(C)nc3c2)CC1. The first-order valence-corrected chi connectivity index (χ1v) is 8.81. The summed E-state index contributed by atoms with van der Waals surface area (Å²) in [6, 6.07) is 5.48. The van der Waals surface area contributed by atoms with E-state index >= 15 is 0 Å². The number of hydrogen-bond acceptors (Lipinski definition) is 4. The minimum absolute atomic E-state index is 0.00674. The number of fused-ring (bicyclic) bond motifs is 1. The van der Waals surface area contributed by atoms with Crippen LogP contribution in [-0.4, -0.2) is 57.8 Å². The summed E-state index contributed by atoms with van der Waals surface area (Å²) in [5.41, 5.74) is 3.95. The predicted octanol–water partition coefficient (Wildman–Crippen LogP) is 2.33. The van der Waals surface area contributed by atoms with Crippen molar-refractivity contribution in [2.75, 3.05) is 26.2 Å². The molecule has 6 heteroatoms. The van der Waals surface area contributed by atoms with Crippen LogP contribution in [0, 0.1) is 13.8 Å². The van der Waals surface area contributed by atoms with Gasteiger partial charge in [-0.2, -0.15) is 0 Å². The summed E-state index contributed by atoms with van der Waals surface area (Å²) in [6.07, 6.45) is 1.32.